The molecule has 0 N–H and O–H groups in total. The van der Waals surface area contributed by atoms with E-state index in [2.05, 4.69) is 89.1 Å². The number of pyridine rings is 1. The number of hydrogen-bond acceptors (Lipinski definition) is 5. The molecule has 11 heteroatoms. The zero-order valence-corrected chi connectivity index (χ0v) is 32.8. The van der Waals surface area contributed by atoms with Crippen LogP contribution in [-0.4, -0.2) is 60.1 Å². The van der Waals surface area contributed by atoms with Gasteiger partial charge in [0.05, 0.1) is 35.4 Å². The fraction of sp³-hybridized carbons (Fsp3) is 0.457. The van der Waals surface area contributed by atoms with Crippen LogP contribution in [0.4, 0.5) is 0 Å². The molecule has 2 fully saturated rings. The molecule has 0 aliphatic carbocycles. The van der Waals surface area contributed by atoms with E-state index >= 15 is 0 Å². The van der Waals surface area contributed by atoms with Crippen LogP contribution in [-0.2, 0) is 13.3 Å². The Kier molecular flexibility index (Phi) is 14.3. The molecule has 7 nitrogen and oxygen atoms in total. The summed E-state index contributed by atoms with van der Waals surface area (Å²) in [6.07, 6.45) is 7.71. The van der Waals surface area contributed by atoms with Gasteiger partial charge in [-0.1, -0.05) is 18.9 Å². The summed E-state index contributed by atoms with van der Waals surface area (Å²) >= 11 is 0. The molecular weight excluding hydrogens is 769 g/mol. The number of hydrogen-bond donors (Lipinski definition) is 0. The summed E-state index contributed by atoms with van der Waals surface area (Å²) in [4.78, 5) is 20.8. The average molecular weight is 812 g/mol. The van der Waals surface area contributed by atoms with Gasteiger partial charge in [-0.2, -0.15) is 0 Å². The molecule has 7 rings (SSSR count). The number of aryl methyl sites for hydroxylation is 4. The van der Waals surface area contributed by atoms with Crippen molar-refractivity contribution < 1.29 is 78.1 Å². The molecular formula is C35H43Cl3N7Nd. The summed E-state index contributed by atoms with van der Waals surface area (Å²) < 4.78 is 4.78. The number of likely N-dealkylation sites (tertiary alicyclic amines) is 2. The second kappa shape index (κ2) is 16.9. The van der Waals surface area contributed by atoms with Crippen molar-refractivity contribution in [1.82, 2.24) is 33.9 Å². The van der Waals surface area contributed by atoms with Crippen molar-refractivity contribution >= 4 is 22.1 Å². The Bertz CT molecular complexity index is 1650. The van der Waals surface area contributed by atoms with Crippen molar-refractivity contribution in [2.75, 3.05) is 26.2 Å². The first-order valence-electron chi connectivity index (χ1n) is 15.8. The van der Waals surface area contributed by atoms with Crippen LogP contribution < -0.4 is 37.2 Å². The van der Waals surface area contributed by atoms with Gasteiger partial charge in [-0.15, -0.1) is 0 Å². The predicted molar refractivity (Wildman–Crippen MR) is 171 cm³/mol. The second-order valence-corrected chi connectivity index (χ2v) is 12.6. The summed E-state index contributed by atoms with van der Waals surface area (Å²) in [6.45, 7) is 15.0. The monoisotopic (exact) mass is 808 g/mol. The van der Waals surface area contributed by atoms with E-state index in [0.29, 0.717) is 0 Å². The molecule has 5 heterocycles. The molecule has 1 radical (unpaired) electrons. The molecule has 3 aromatic heterocycles. The Morgan fingerprint density at radius 3 is 1.28 bits per heavy atom. The van der Waals surface area contributed by atoms with E-state index < -0.39 is 0 Å². The van der Waals surface area contributed by atoms with Crippen LogP contribution >= 0.6 is 0 Å². The molecule has 46 heavy (non-hydrogen) atoms. The Hall–Kier alpha value is -1.33. The molecule has 243 valence electrons. The number of rotatable bonds is 6. The normalized spacial score (nSPS) is 15.6. The van der Waals surface area contributed by atoms with E-state index in [1.807, 2.05) is 0 Å². The minimum atomic E-state index is 0. The van der Waals surface area contributed by atoms with E-state index in [1.165, 1.54) is 71.8 Å². The zero-order chi connectivity index (χ0) is 28.8. The Morgan fingerprint density at radius 2 is 0.891 bits per heavy atom. The van der Waals surface area contributed by atoms with E-state index in [9.17, 15) is 0 Å². The van der Waals surface area contributed by atoms with Gasteiger partial charge in [0.25, 0.3) is 0 Å². The van der Waals surface area contributed by atoms with Crippen LogP contribution in [0.2, 0.25) is 0 Å². The molecule has 0 saturated carbocycles. The number of aromatic nitrogens is 5. The number of piperidine rings is 2. The molecule has 2 aromatic carbocycles. The van der Waals surface area contributed by atoms with Gasteiger partial charge in [0, 0.05) is 0 Å². The van der Waals surface area contributed by atoms with Gasteiger partial charge >= 0.3 is 40.8 Å². The standard InChI is InChI=1S/C35H43N7.3ClH.Nd/c1-24-18-30-32(20-26(24)3)41(22-39-14-7-5-8-15-39)34(37-30)28-12-11-13-29(36-28)35-38-31-19-25(2)27(4)21-33(31)42(35)23-40-16-9-6-10-17-40;;;;/h11-13,18-21H,5-10,14-17,22-23H2,1-4H3;3*1H;/q;;;;+3/p-3. The molecule has 0 bridgehead atoms. The summed E-state index contributed by atoms with van der Waals surface area (Å²) in [5.41, 5.74) is 11.4. The maximum Gasteiger partial charge on any atom is 3.00 e. The minimum Gasteiger partial charge on any atom is -1.00 e. The van der Waals surface area contributed by atoms with Crippen LogP contribution in [0.5, 0.6) is 0 Å². The maximum absolute atomic E-state index is 5.30. The van der Waals surface area contributed by atoms with Crippen LogP contribution in [0.3, 0.4) is 0 Å². The average Bonchev–Trinajstić information content (AvgIpc) is 3.52. The maximum atomic E-state index is 5.30. The molecule has 2 saturated heterocycles. The zero-order valence-electron chi connectivity index (χ0n) is 27.3. The van der Waals surface area contributed by atoms with Crippen LogP contribution in [0.1, 0.15) is 60.8 Å². The minimum absolute atomic E-state index is 0. The van der Waals surface area contributed by atoms with Gasteiger partial charge in [0.2, 0.25) is 0 Å². The SMILES string of the molecule is Cc1cc2nc(-c3cccc(-c4nc5cc(C)c(C)cc5n4CN4CCCCC4)n3)n(CN3CCCCC3)c2cc1C.[Cl-].[Cl-].[Cl-].[Nd+3]. The van der Waals surface area contributed by atoms with Crippen molar-refractivity contribution in [3.63, 3.8) is 0 Å². The Morgan fingerprint density at radius 1 is 0.522 bits per heavy atom. The fourth-order valence-corrected chi connectivity index (χ4v) is 6.72. The summed E-state index contributed by atoms with van der Waals surface area (Å²) in [5, 5.41) is 0. The Labute approximate surface area is 324 Å². The van der Waals surface area contributed by atoms with Crippen molar-refractivity contribution in [2.45, 2.75) is 79.6 Å². The fourth-order valence-electron chi connectivity index (χ4n) is 6.72. The van der Waals surface area contributed by atoms with Gasteiger partial charge in [-0.25, -0.2) is 15.0 Å². The quantitative estimate of drug-likeness (QED) is 0.204. The third-order valence-electron chi connectivity index (χ3n) is 9.51. The number of nitrogens with zero attached hydrogens (tertiary/aromatic N) is 7. The number of fused-ring (bicyclic) bond motifs is 2. The molecule has 0 atom stereocenters. The number of halogens is 3. The first kappa shape index (κ1) is 39.1. The predicted octanol–water partition coefficient (Wildman–Crippen LogP) is -1.75. The molecule has 0 spiro atoms. The molecule has 0 amide bonds. The van der Waals surface area contributed by atoms with Crippen molar-refractivity contribution in [3.05, 3.63) is 64.7 Å². The Balaban J connectivity index is 0.00000144. The van der Waals surface area contributed by atoms with Crippen LogP contribution in [0.15, 0.2) is 42.5 Å². The molecule has 5 aromatic rings. The van der Waals surface area contributed by atoms with Crippen LogP contribution in [0, 0.1) is 68.5 Å². The van der Waals surface area contributed by atoms with E-state index in [-0.39, 0.29) is 78.1 Å². The van der Waals surface area contributed by atoms with Crippen molar-refractivity contribution in [1.29, 1.82) is 0 Å². The number of imidazole rings is 2. The summed E-state index contributed by atoms with van der Waals surface area (Å²) in [6, 6.07) is 15.4. The third kappa shape index (κ3) is 7.93. The first-order valence-corrected chi connectivity index (χ1v) is 15.8. The van der Waals surface area contributed by atoms with Gasteiger partial charge < -0.3 is 46.4 Å². The third-order valence-corrected chi connectivity index (χ3v) is 9.51. The van der Waals surface area contributed by atoms with E-state index in [4.69, 9.17) is 15.0 Å². The smallest absolute Gasteiger partial charge is 1.00 e. The topological polar surface area (TPSA) is 55.0 Å². The van der Waals surface area contributed by atoms with Gasteiger partial charge in [0.1, 0.15) is 11.4 Å². The van der Waals surface area contributed by atoms with Gasteiger partial charge in [-0.3, -0.25) is 9.80 Å². The molecule has 2 aliphatic heterocycles. The largest absolute Gasteiger partial charge is 3.00 e. The molecule has 0 unspecified atom stereocenters. The van der Waals surface area contributed by atoms with E-state index in [1.54, 1.807) is 0 Å². The van der Waals surface area contributed by atoms with Gasteiger partial charge in [-0.05, 0) is 138 Å². The van der Waals surface area contributed by atoms with E-state index in [0.717, 1.165) is 73.6 Å². The number of benzene rings is 2. The molecule has 2 aliphatic rings. The van der Waals surface area contributed by atoms with Crippen LogP contribution in [0.25, 0.3) is 45.1 Å². The first-order chi connectivity index (χ1) is 20.4. The summed E-state index contributed by atoms with van der Waals surface area (Å²) in [7, 11) is 0. The van der Waals surface area contributed by atoms with Crippen molar-refractivity contribution in [3.8, 4) is 23.0 Å². The van der Waals surface area contributed by atoms with Crippen molar-refractivity contribution in [2.24, 2.45) is 0 Å². The summed E-state index contributed by atoms with van der Waals surface area (Å²) in [5.74, 6) is 1.88. The van der Waals surface area contributed by atoms with Gasteiger partial charge in [0.15, 0.2) is 11.6 Å². The second-order valence-electron chi connectivity index (χ2n) is 12.6.